The molecule has 0 saturated heterocycles. The first kappa shape index (κ1) is 10.4. The molecule has 4 heteroatoms. The maximum atomic E-state index is 8.62. The second-order valence-corrected chi connectivity index (χ2v) is 2.04. The molecule has 0 amide bonds. The SMILES string of the molecule is Cl.N[C@H](CO)c1ccccn1. The van der Waals surface area contributed by atoms with E-state index in [0.717, 1.165) is 5.69 Å². The molecule has 0 aliphatic carbocycles. The van der Waals surface area contributed by atoms with Gasteiger partial charge in [-0.2, -0.15) is 0 Å². The van der Waals surface area contributed by atoms with Crippen LogP contribution in [-0.2, 0) is 0 Å². The second kappa shape index (κ2) is 5.07. The van der Waals surface area contributed by atoms with E-state index in [1.165, 1.54) is 0 Å². The van der Waals surface area contributed by atoms with Crippen molar-refractivity contribution < 1.29 is 5.11 Å². The van der Waals surface area contributed by atoms with Crippen LogP contribution in [0.3, 0.4) is 0 Å². The van der Waals surface area contributed by atoms with Crippen molar-refractivity contribution >= 4 is 12.4 Å². The maximum absolute atomic E-state index is 8.62. The summed E-state index contributed by atoms with van der Waals surface area (Å²) in [6.07, 6.45) is 1.66. The van der Waals surface area contributed by atoms with Crippen LogP contribution in [0.25, 0.3) is 0 Å². The van der Waals surface area contributed by atoms with Crippen LogP contribution in [0.2, 0.25) is 0 Å². The van der Waals surface area contributed by atoms with E-state index in [1.54, 1.807) is 12.3 Å². The van der Waals surface area contributed by atoms with Crippen LogP contribution in [0, 0.1) is 0 Å². The van der Waals surface area contributed by atoms with E-state index in [1.807, 2.05) is 12.1 Å². The van der Waals surface area contributed by atoms with Crippen molar-refractivity contribution in [3.05, 3.63) is 30.1 Å². The molecule has 0 unspecified atom stereocenters. The molecule has 0 aliphatic rings. The molecule has 62 valence electrons. The lowest BCUT2D eigenvalue weighted by Gasteiger charge is -2.04. The van der Waals surface area contributed by atoms with Gasteiger partial charge in [-0.25, -0.2) is 0 Å². The number of aromatic nitrogens is 1. The number of halogens is 1. The van der Waals surface area contributed by atoms with Gasteiger partial charge in [0, 0.05) is 6.20 Å². The molecule has 11 heavy (non-hydrogen) atoms. The first-order valence-corrected chi connectivity index (χ1v) is 3.12. The van der Waals surface area contributed by atoms with Gasteiger partial charge in [0.05, 0.1) is 18.3 Å². The Hall–Kier alpha value is -0.640. The number of pyridine rings is 1. The Morgan fingerprint density at radius 2 is 2.27 bits per heavy atom. The molecule has 0 aliphatic heterocycles. The van der Waals surface area contributed by atoms with Gasteiger partial charge < -0.3 is 10.8 Å². The Bertz CT molecular complexity index is 193. The van der Waals surface area contributed by atoms with Crippen molar-refractivity contribution in [3.8, 4) is 0 Å². The van der Waals surface area contributed by atoms with Crippen LogP contribution in [0.5, 0.6) is 0 Å². The fourth-order valence-corrected chi connectivity index (χ4v) is 0.689. The van der Waals surface area contributed by atoms with Gasteiger partial charge in [-0.15, -0.1) is 12.4 Å². The number of nitrogens with zero attached hydrogens (tertiary/aromatic N) is 1. The summed E-state index contributed by atoms with van der Waals surface area (Å²) in [5.41, 5.74) is 6.21. The van der Waals surface area contributed by atoms with Gasteiger partial charge in [0.25, 0.3) is 0 Å². The Balaban J connectivity index is 0.000001000. The van der Waals surface area contributed by atoms with E-state index in [2.05, 4.69) is 4.98 Å². The van der Waals surface area contributed by atoms with Crippen molar-refractivity contribution in [1.29, 1.82) is 0 Å². The molecular formula is C7H11ClN2O. The fraction of sp³-hybridized carbons (Fsp3) is 0.286. The fourth-order valence-electron chi connectivity index (χ4n) is 0.689. The summed E-state index contributed by atoms with van der Waals surface area (Å²) < 4.78 is 0. The predicted octanol–water partition coefficient (Wildman–Crippen LogP) is 0.496. The van der Waals surface area contributed by atoms with Gasteiger partial charge in [0.15, 0.2) is 0 Å². The Morgan fingerprint density at radius 1 is 1.55 bits per heavy atom. The highest BCUT2D eigenvalue weighted by Crippen LogP contribution is 2.02. The van der Waals surface area contributed by atoms with E-state index in [-0.39, 0.29) is 25.1 Å². The molecule has 0 fully saturated rings. The van der Waals surface area contributed by atoms with E-state index >= 15 is 0 Å². The van der Waals surface area contributed by atoms with Gasteiger partial charge in [-0.05, 0) is 12.1 Å². The highest BCUT2D eigenvalue weighted by Gasteiger charge is 2.02. The minimum Gasteiger partial charge on any atom is -0.394 e. The minimum absolute atomic E-state index is 0. The van der Waals surface area contributed by atoms with Gasteiger partial charge in [0.1, 0.15) is 0 Å². The number of aliphatic hydroxyl groups excluding tert-OH is 1. The zero-order valence-corrected chi connectivity index (χ0v) is 6.79. The first-order valence-electron chi connectivity index (χ1n) is 3.12. The third-order valence-corrected chi connectivity index (χ3v) is 1.26. The summed E-state index contributed by atoms with van der Waals surface area (Å²) in [5, 5.41) is 8.62. The van der Waals surface area contributed by atoms with Crippen molar-refractivity contribution in [2.45, 2.75) is 6.04 Å². The molecule has 0 aromatic carbocycles. The molecule has 3 nitrogen and oxygen atoms in total. The van der Waals surface area contributed by atoms with Gasteiger partial charge in [0.2, 0.25) is 0 Å². The smallest absolute Gasteiger partial charge is 0.0704 e. The van der Waals surface area contributed by atoms with Crippen LogP contribution in [0.1, 0.15) is 11.7 Å². The van der Waals surface area contributed by atoms with Crippen LogP contribution < -0.4 is 5.73 Å². The predicted molar refractivity (Wildman–Crippen MR) is 45.5 cm³/mol. The molecule has 1 aromatic rings. The normalized spacial score (nSPS) is 11.8. The third-order valence-electron chi connectivity index (χ3n) is 1.26. The van der Waals surface area contributed by atoms with Crippen molar-refractivity contribution in [2.75, 3.05) is 6.61 Å². The number of hydrogen-bond acceptors (Lipinski definition) is 3. The minimum atomic E-state index is -0.346. The topological polar surface area (TPSA) is 59.1 Å². The average Bonchev–Trinajstić information content (AvgIpc) is 2.05. The molecule has 0 spiro atoms. The second-order valence-electron chi connectivity index (χ2n) is 2.04. The van der Waals surface area contributed by atoms with Gasteiger partial charge >= 0.3 is 0 Å². The number of nitrogens with two attached hydrogens (primary N) is 1. The monoisotopic (exact) mass is 174 g/mol. The van der Waals surface area contributed by atoms with Crippen LogP contribution in [0.4, 0.5) is 0 Å². The zero-order chi connectivity index (χ0) is 7.40. The standard InChI is InChI=1S/C7H10N2O.ClH/c8-6(5-10)7-3-1-2-4-9-7;/h1-4,6,10H,5,8H2;1H/t6-;/m1./s1. The largest absolute Gasteiger partial charge is 0.394 e. The van der Waals surface area contributed by atoms with Gasteiger partial charge in [-0.3, -0.25) is 4.98 Å². The van der Waals surface area contributed by atoms with E-state index in [9.17, 15) is 0 Å². The van der Waals surface area contributed by atoms with E-state index in [4.69, 9.17) is 10.8 Å². The molecule has 0 radical (unpaired) electrons. The lowest BCUT2D eigenvalue weighted by atomic mass is 10.2. The summed E-state index contributed by atoms with van der Waals surface area (Å²) in [5.74, 6) is 0. The van der Waals surface area contributed by atoms with Crippen molar-refractivity contribution in [3.63, 3.8) is 0 Å². The lowest BCUT2D eigenvalue weighted by Crippen LogP contribution is -2.15. The number of aliphatic hydroxyl groups is 1. The highest BCUT2D eigenvalue weighted by molar-refractivity contribution is 5.85. The maximum Gasteiger partial charge on any atom is 0.0704 e. The van der Waals surface area contributed by atoms with Crippen LogP contribution in [-0.4, -0.2) is 16.7 Å². The molecular weight excluding hydrogens is 164 g/mol. The zero-order valence-electron chi connectivity index (χ0n) is 5.97. The lowest BCUT2D eigenvalue weighted by molar-refractivity contribution is 0.266. The Labute approximate surface area is 71.7 Å². The van der Waals surface area contributed by atoms with Crippen molar-refractivity contribution in [1.82, 2.24) is 4.98 Å². The number of rotatable bonds is 2. The summed E-state index contributed by atoms with van der Waals surface area (Å²) in [4.78, 5) is 3.96. The molecule has 1 rings (SSSR count). The van der Waals surface area contributed by atoms with Gasteiger partial charge in [-0.1, -0.05) is 6.07 Å². The first-order chi connectivity index (χ1) is 4.84. The summed E-state index contributed by atoms with van der Waals surface area (Å²) in [6, 6.07) is 5.10. The average molecular weight is 175 g/mol. The Kier molecular flexibility index (Phi) is 4.77. The third kappa shape index (κ3) is 2.84. The molecule has 1 heterocycles. The summed E-state index contributed by atoms with van der Waals surface area (Å²) in [6.45, 7) is -0.0585. The summed E-state index contributed by atoms with van der Waals surface area (Å²) >= 11 is 0. The molecule has 3 N–H and O–H groups in total. The van der Waals surface area contributed by atoms with Crippen LogP contribution in [0.15, 0.2) is 24.4 Å². The molecule has 1 aromatic heterocycles. The summed E-state index contributed by atoms with van der Waals surface area (Å²) in [7, 11) is 0. The molecule has 0 bridgehead atoms. The molecule has 1 atom stereocenters. The van der Waals surface area contributed by atoms with Crippen LogP contribution >= 0.6 is 12.4 Å². The van der Waals surface area contributed by atoms with Crippen molar-refractivity contribution in [2.24, 2.45) is 5.73 Å². The quantitative estimate of drug-likeness (QED) is 0.687. The van der Waals surface area contributed by atoms with E-state index in [0.29, 0.717) is 0 Å². The highest BCUT2D eigenvalue weighted by atomic mass is 35.5. The molecule has 0 saturated carbocycles. The Morgan fingerprint density at radius 3 is 2.73 bits per heavy atom. The van der Waals surface area contributed by atoms with E-state index < -0.39 is 0 Å². The number of hydrogen-bond donors (Lipinski definition) is 2.